The zero-order valence-corrected chi connectivity index (χ0v) is 11.7. The number of aromatic amines is 2. The molecule has 0 unspecified atom stereocenters. The fourth-order valence-corrected chi connectivity index (χ4v) is 2.26. The molecule has 0 amide bonds. The molecule has 0 aliphatic heterocycles. The van der Waals surface area contributed by atoms with Crippen molar-refractivity contribution >= 4 is 27.9 Å². The van der Waals surface area contributed by atoms with Crippen LogP contribution in [0, 0.1) is 0 Å². The zero-order valence-electron chi connectivity index (χ0n) is 11.7. The lowest BCUT2D eigenvalue weighted by Crippen LogP contribution is -2.03. The van der Waals surface area contributed by atoms with Crippen LogP contribution in [-0.4, -0.2) is 33.5 Å². The minimum absolute atomic E-state index is 0.0303. The Labute approximate surface area is 123 Å². The number of aryl methyl sites for hydroxylation is 1. The first-order valence-electron chi connectivity index (χ1n) is 6.57. The molecule has 112 valence electrons. The van der Waals surface area contributed by atoms with Crippen LogP contribution in [0.4, 0.5) is 0 Å². The highest BCUT2D eigenvalue weighted by atomic mass is 16.5. The molecule has 3 aromatic rings. The summed E-state index contributed by atoms with van der Waals surface area (Å²) >= 11 is 0. The molecule has 0 saturated carbocycles. The van der Waals surface area contributed by atoms with Crippen molar-refractivity contribution in [2.24, 2.45) is 0 Å². The number of ether oxygens (including phenoxy) is 1. The van der Waals surface area contributed by atoms with Gasteiger partial charge in [0.2, 0.25) is 5.43 Å². The predicted octanol–water partition coefficient (Wildman–Crippen LogP) is 0.265. The van der Waals surface area contributed by atoms with Crippen LogP contribution in [0.15, 0.2) is 27.8 Å². The van der Waals surface area contributed by atoms with E-state index in [1.165, 1.54) is 7.11 Å². The van der Waals surface area contributed by atoms with Gasteiger partial charge in [-0.05, 0) is 24.1 Å². The number of aromatic nitrogens is 4. The monoisotopic (exact) mass is 300 g/mol. The van der Waals surface area contributed by atoms with Crippen LogP contribution in [0.25, 0.3) is 21.9 Å². The van der Waals surface area contributed by atoms with Crippen molar-refractivity contribution in [3.05, 3.63) is 44.3 Å². The molecule has 0 fully saturated rings. The first-order valence-corrected chi connectivity index (χ1v) is 6.57. The number of rotatable bonds is 3. The Hall–Kier alpha value is -3.03. The van der Waals surface area contributed by atoms with Crippen molar-refractivity contribution < 1.29 is 9.53 Å². The third kappa shape index (κ3) is 2.34. The summed E-state index contributed by atoms with van der Waals surface area (Å²) in [5, 5.41) is 9.91. The van der Waals surface area contributed by atoms with Crippen molar-refractivity contribution in [3.8, 4) is 0 Å². The second-order valence-electron chi connectivity index (χ2n) is 4.77. The third-order valence-corrected chi connectivity index (χ3v) is 3.41. The molecule has 0 radical (unpaired) electrons. The van der Waals surface area contributed by atoms with Crippen LogP contribution < -0.4 is 11.0 Å². The van der Waals surface area contributed by atoms with E-state index in [1.807, 2.05) is 0 Å². The molecular formula is C14H12N4O4. The molecule has 8 nitrogen and oxygen atoms in total. The Kier molecular flexibility index (Phi) is 3.42. The molecule has 22 heavy (non-hydrogen) atoms. The van der Waals surface area contributed by atoms with E-state index in [2.05, 4.69) is 25.1 Å². The van der Waals surface area contributed by atoms with Crippen molar-refractivity contribution in [1.29, 1.82) is 0 Å². The van der Waals surface area contributed by atoms with E-state index in [0.717, 1.165) is 5.56 Å². The SMILES string of the molecule is COC(=O)CCc1ccc2c(=O)c3[nH]nnc3c(=O)[nH]c2c1. The van der Waals surface area contributed by atoms with Gasteiger partial charge < -0.3 is 9.72 Å². The molecule has 0 aliphatic carbocycles. The fraction of sp³-hybridized carbons (Fsp3) is 0.214. The summed E-state index contributed by atoms with van der Waals surface area (Å²) in [6.45, 7) is 0. The number of methoxy groups -OCH3 is 1. The maximum absolute atomic E-state index is 12.4. The Morgan fingerprint density at radius 1 is 1.32 bits per heavy atom. The summed E-state index contributed by atoms with van der Waals surface area (Å²) in [7, 11) is 1.33. The van der Waals surface area contributed by atoms with Gasteiger partial charge in [-0.3, -0.25) is 19.5 Å². The smallest absolute Gasteiger partial charge is 0.305 e. The normalized spacial score (nSPS) is 11.0. The van der Waals surface area contributed by atoms with Crippen molar-refractivity contribution in [2.75, 3.05) is 7.11 Å². The Morgan fingerprint density at radius 3 is 2.91 bits per heavy atom. The van der Waals surface area contributed by atoms with Crippen LogP contribution in [0.3, 0.4) is 0 Å². The van der Waals surface area contributed by atoms with Gasteiger partial charge >= 0.3 is 5.97 Å². The maximum atomic E-state index is 12.4. The van der Waals surface area contributed by atoms with Crippen molar-refractivity contribution in [1.82, 2.24) is 20.4 Å². The fourth-order valence-electron chi connectivity index (χ4n) is 2.26. The van der Waals surface area contributed by atoms with Gasteiger partial charge in [-0.15, -0.1) is 5.10 Å². The van der Waals surface area contributed by atoms with Gasteiger partial charge in [0.05, 0.1) is 12.6 Å². The van der Waals surface area contributed by atoms with Crippen molar-refractivity contribution in [3.63, 3.8) is 0 Å². The van der Waals surface area contributed by atoms with Gasteiger partial charge in [0.15, 0.2) is 5.52 Å². The highest BCUT2D eigenvalue weighted by Crippen LogP contribution is 2.12. The summed E-state index contributed by atoms with van der Waals surface area (Å²) in [5.74, 6) is -0.319. The average Bonchev–Trinajstić information content (AvgIpc) is 2.98. The van der Waals surface area contributed by atoms with Gasteiger partial charge in [-0.25, -0.2) is 0 Å². The molecule has 3 rings (SSSR count). The second-order valence-corrected chi connectivity index (χ2v) is 4.77. The molecular weight excluding hydrogens is 288 g/mol. The first-order chi connectivity index (χ1) is 10.6. The number of hydrogen-bond donors (Lipinski definition) is 2. The summed E-state index contributed by atoms with van der Waals surface area (Å²) in [6, 6.07) is 5.02. The Balaban J connectivity index is 2.17. The summed E-state index contributed by atoms with van der Waals surface area (Å²) < 4.78 is 4.59. The molecule has 2 N–H and O–H groups in total. The Morgan fingerprint density at radius 2 is 2.14 bits per heavy atom. The quantitative estimate of drug-likeness (QED) is 0.670. The highest BCUT2D eigenvalue weighted by molar-refractivity contribution is 5.86. The standard InChI is InChI=1S/C14H12N4O4/c1-22-10(19)5-3-7-2-4-8-9(6-7)15-14(21)12-11(13(8)20)16-18-17-12/h2,4,6H,3,5H2,1H3,(H,15,21)(H,16,17,18). The summed E-state index contributed by atoms with van der Waals surface area (Å²) in [4.78, 5) is 38.2. The lowest BCUT2D eigenvalue weighted by molar-refractivity contribution is -0.140. The van der Waals surface area contributed by atoms with E-state index in [9.17, 15) is 14.4 Å². The van der Waals surface area contributed by atoms with Crippen LogP contribution in [0.5, 0.6) is 0 Å². The van der Waals surface area contributed by atoms with Crippen LogP contribution in [0.1, 0.15) is 12.0 Å². The minimum Gasteiger partial charge on any atom is -0.469 e. The first kappa shape index (κ1) is 13.9. The summed E-state index contributed by atoms with van der Waals surface area (Å²) in [5.41, 5.74) is 0.391. The molecule has 8 heteroatoms. The zero-order chi connectivity index (χ0) is 15.7. The van der Waals surface area contributed by atoms with Crippen LogP contribution >= 0.6 is 0 Å². The molecule has 0 spiro atoms. The van der Waals surface area contributed by atoms with Crippen molar-refractivity contribution in [2.45, 2.75) is 12.8 Å². The second kappa shape index (κ2) is 5.40. The lowest BCUT2D eigenvalue weighted by Gasteiger charge is -2.01. The molecule has 0 bridgehead atoms. The van der Waals surface area contributed by atoms with Crippen LogP contribution in [0.2, 0.25) is 0 Å². The Bertz CT molecular complexity index is 989. The number of carbonyl (C=O) groups excluding carboxylic acids is 1. The number of esters is 1. The summed E-state index contributed by atoms with van der Waals surface area (Å²) in [6.07, 6.45) is 0.677. The minimum atomic E-state index is -0.499. The number of benzene rings is 1. The average molecular weight is 300 g/mol. The third-order valence-electron chi connectivity index (χ3n) is 3.41. The molecule has 2 heterocycles. The van der Waals surface area contributed by atoms with Gasteiger partial charge in [-0.1, -0.05) is 11.3 Å². The van der Waals surface area contributed by atoms with E-state index in [0.29, 0.717) is 17.3 Å². The molecule has 2 aromatic heterocycles. The molecule has 0 aliphatic rings. The number of hydrogen-bond acceptors (Lipinski definition) is 6. The topological polar surface area (TPSA) is 118 Å². The molecule has 0 saturated heterocycles. The maximum Gasteiger partial charge on any atom is 0.305 e. The van der Waals surface area contributed by atoms with Gasteiger partial charge in [0.1, 0.15) is 5.52 Å². The molecule has 1 aromatic carbocycles. The number of carbonyl (C=O) groups is 1. The largest absolute Gasteiger partial charge is 0.469 e. The van der Waals surface area contributed by atoms with Crippen LogP contribution in [-0.2, 0) is 16.0 Å². The van der Waals surface area contributed by atoms with E-state index < -0.39 is 5.56 Å². The highest BCUT2D eigenvalue weighted by Gasteiger charge is 2.10. The van der Waals surface area contributed by atoms with Gasteiger partial charge in [-0.2, -0.15) is 0 Å². The predicted molar refractivity (Wildman–Crippen MR) is 78.6 cm³/mol. The number of nitrogens with one attached hydrogen (secondary N) is 2. The molecule has 0 atom stereocenters. The number of fused-ring (bicyclic) bond motifs is 2. The van der Waals surface area contributed by atoms with E-state index >= 15 is 0 Å². The van der Waals surface area contributed by atoms with E-state index in [1.54, 1.807) is 18.2 Å². The van der Waals surface area contributed by atoms with Gasteiger partial charge in [0.25, 0.3) is 5.56 Å². The lowest BCUT2D eigenvalue weighted by atomic mass is 10.1. The number of nitrogens with zero attached hydrogens (tertiary/aromatic N) is 2. The number of H-pyrrole nitrogens is 2. The van der Waals surface area contributed by atoms with Gasteiger partial charge in [0, 0.05) is 11.8 Å². The van der Waals surface area contributed by atoms with E-state index in [4.69, 9.17) is 0 Å². The van der Waals surface area contributed by atoms with E-state index in [-0.39, 0.29) is 28.9 Å².